The maximum atomic E-state index is 5.83. The van der Waals surface area contributed by atoms with Crippen LogP contribution >= 0.6 is 0 Å². The summed E-state index contributed by atoms with van der Waals surface area (Å²) in [5.41, 5.74) is 8.58. The summed E-state index contributed by atoms with van der Waals surface area (Å²) in [6.45, 7) is 3.38. The molecule has 4 heteroatoms. The van der Waals surface area contributed by atoms with Gasteiger partial charge in [0.15, 0.2) is 0 Å². The van der Waals surface area contributed by atoms with Gasteiger partial charge in [-0.05, 0) is 31.2 Å². The minimum Gasteiger partial charge on any atom is -0.492 e. The predicted octanol–water partition coefficient (Wildman–Crippen LogP) is 2.72. The van der Waals surface area contributed by atoms with Gasteiger partial charge in [-0.2, -0.15) is 0 Å². The molecule has 1 heterocycles. The van der Waals surface area contributed by atoms with Crippen molar-refractivity contribution in [1.29, 1.82) is 0 Å². The van der Waals surface area contributed by atoms with Gasteiger partial charge in [0.25, 0.3) is 0 Å². The molecule has 1 aromatic heterocycles. The Kier molecular flexibility index (Phi) is 4.61. The fourth-order valence-electron chi connectivity index (χ4n) is 1.81. The van der Waals surface area contributed by atoms with E-state index in [-0.39, 0.29) is 0 Å². The molecule has 0 spiro atoms. The van der Waals surface area contributed by atoms with E-state index in [0.29, 0.717) is 12.3 Å². The van der Waals surface area contributed by atoms with Crippen LogP contribution in [0.2, 0.25) is 0 Å². The lowest BCUT2D eigenvalue weighted by molar-refractivity contribution is 0.342. The van der Waals surface area contributed by atoms with Crippen LogP contribution in [0.1, 0.15) is 12.6 Å². The molecule has 0 amide bonds. The molecule has 4 nitrogen and oxygen atoms in total. The number of nitrogens with zero attached hydrogens (tertiary/aromatic N) is 1. The molecule has 0 saturated carbocycles. The smallest absolute Gasteiger partial charge is 0.144 e. The highest BCUT2D eigenvalue weighted by molar-refractivity contribution is 5.61. The molecule has 0 atom stereocenters. The Bertz CT molecular complexity index is 514. The monoisotopic (exact) mass is 257 g/mol. The van der Waals surface area contributed by atoms with Crippen LogP contribution in [0.15, 0.2) is 42.6 Å². The van der Waals surface area contributed by atoms with Crippen LogP contribution in [-0.2, 0) is 6.42 Å². The molecule has 0 aliphatic heterocycles. The van der Waals surface area contributed by atoms with Gasteiger partial charge in [0.2, 0.25) is 0 Å². The largest absolute Gasteiger partial charge is 0.492 e. The summed E-state index contributed by atoms with van der Waals surface area (Å²) in [5, 5.41) is 3.34. The van der Waals surface area contributed by atoms with Crippen LogP contribution in [0.25, 0.3) is 0 Å². The summed E-state index contributed by atoms with van der Waals surface area (Å²) >= 11 is 0. The molecule has 100 valence electrons. The van der Waals surface area contributed by atoms with Crippen molar-refractivity contribution < 1.29 is 4.74 Å². The number of nitrogens with two attached hydrogens (primary N) is 1. The standard InChI is InChI=1S/C15H19N3O/c1-2-19-15-11-13(6-7-14(15)16)18-10-8-12-5-3-4-9-17-12/h3-7,9,11,18H,2,8,10,16H2,1H3. The SMILES string of the molecule is CCOc1cc(NCCc2ccccn2)ccc1N. The van der Waals surface area contributed by atoms with E-state index >= 15 is 0 Å². The van der Waals surface area contributed by atoms with E-state index in [9.17, 15) is 0 Å². The van der Waals surface area contributed by atoms with Crippen molar-refractivity contribution in [3.05, 3.63) is 48.3 Å². The van der Waals surface area contributed by atoms with Crippen molar-refractivity contribution in [3.63, 3.8) is 0 Å². The van der Waals surface area contributed by atoms with Crippen LogP contribution in [0.3, 0.4) is 0 Å². The summed E-state index contributed by atoms with van der Waals surface area (Å²) in [4.78, 5) is 4.29. The third-order valence-electron chi connectivity index (χ3n) is 2.75. The summed E-state index contributed by atoms with van der Waals surface area (Å²) in [6.07, 6.45) is 2.70. The van der Waals surface area contributed by atoms with Crippen molar-refractivity contribution >= 4 is 11.4 Å². The molecule has 0 fully saturated rings. The van der Waals surface area contributed by atoms with E-state index in [2.05, 4.69) is 10.3 Å². The number of hydrogen-bond acceptors (Lipinski definition) is 4. The second-order valence-electron chi connectivity index (χ2n) is 4.18. The summed E-state index contributed by atoms with van der Waals surface area (Å²) in [6, 6.07) is 11.7. The van der Waals surface area contributed by atoms with Gasteiger partial charge in [0.05, 0.1) is 12.3 Å². The van der Waals surface area contributed by atoms with Crippen LogP contribution in [0, 0.1) is 0 Å². The van der Waals surface area contributed by atoms with E-state index < -0.39 is 0 Å². The quantitative estimate of drug-likeness (QED) is 0.781. The van der Waals surface area contributed by atoms with Gasteiger partial charge in [-0.15, -0.1) is 0 Å². The minimum atomic E-state index is 0.613. The molecule has 0 saturated heterocycles. The Morgan fingerprint density at radius 3 is 2.89 bits per heavy atom. The lowest BCUT2D eigenvalue weighted by Crippen LogP contribution is -2.06. The molecule has 19 heavy (non-hydrogen) atoms. The number of nitrogen functional groups attached to an aromatic ring is 1. The summed E-state index contributed by atoms with van der Waals surface area (Å²) in [7, 11) is 0. The van der Waals surface area contributed by atoms with Crippen molar-refractivity contribution in [1.82, 2.24) is 4.98 Å². The van der Waals surface area contributed by atoms with Gasteiger partial charge in [-0.3, -0.25) is 4.98 Å². The van der Waals surface area contributed by atoms with Gasteiger partial charge >= 0.3 is 0 Å². The first-order valence-corrected chi connectivity index (χ1v) is 6.45. The number of nitrogens with one attached hydrogen (secondary N) is 1. The maximum Gasteiger partial charge on any atom is 0.144 e. The first-order chi connectivity index (χ1) is 9.29. The van der Waals surface area contributed by atoms with Crippen molar-refractivity contribution in [2.75, 3.05) is 24.2 Å². The highest BCUT2D eigenvalue weighted by Crippen LogP contribution is 2.25. The van der Waals surface area contributed by atoms with Crippen LogP contribution in [0.5, 0.6) is 5.75 Å². The zero-order valence-electron chi connectivity index (χ0n) is 11.1. The Balaban J connectivity index is 1.91. The fourth-order valence-corrected chi connectivity index (χ4v) is 1.81. The first-order valence-electron chi connectivity index (χ1n) is 6.45. The molecule has 0 bridgehead atoms. The molecule has 1 aromatic carbocycles. The number of pyridine rings is 1. The van der Waals surface area contributed by atoms with Gasteiger partial charge < -0.3 is 15.8 Å². The Labute approximate surface area is 113 Å². The molecule has 0 aliphatic carbocycles. The molecule has 0 aliphatic rings. The summed E-state index contributed by atoms with van der Waals surface area (Å²) in [5.74, 6) is 0.727. The van der Waals surface area contributed by atoms with Crippen LogP contribution in [0.4, 0.5) is 11.4 Å². The lowest BCUT2D eigenvalue weighted by Gasteiger charge is -2.11. The van der Waals surface area contributed by atoms with Crippen molar-refractivity contribution in [2.45, 2.75) is 13.3 Å². The van der Waals surface area contributed by atoms with E-state index in [1.807, 2.05) is 49.5 Å². The molecular formula is C15H19N3O. The second-order valence-corrected chi connectivity index (χ2v) is 4.18. The first kappa shape index (κ1) is 13.2. The van der Waals surface area contributed by atoms with E-state index in [4.69, 9.17) is 10.5 Å². The molecule has 0 radical (unpaired) electrons. The number of rotatable bonds is 6. The molecule has 2 rings (SSSR count). The van der Waals surface area contributed by atoms with E-state index in [1.54, 1.807) is 0 Å². The average molecular weight is 257 g/mol. The topological polar surface area (TPSA) is 60.2 Å². The van der Waals surface area contributed by atoms with Gasteiger partial charge in [-0.1, -0.05) is 6.07 Å². The van der Waals surface area contributed by atoms with Gasteiger partial charge in [0, 0.05) is 36.6 Å². The lowest BCUT2D eigenvalue weighted by atomic mass is 10.2. The van der Waals surface area contributed by atoms with Crippen molar-refractivity contribution in [3.8, 4) is 5.75 Å². The molecule has 0 unspecified atom stereocenters. The Hall–Kier alpha value is -2.23. The Morgan fingerprint density at radius 1 is 1.26 bits per heavy atom. The maximum absolute atomic E-state index is 5.83. The summed E-state index contributed by atoms with van der Waals surface area (Å²) < 4.78 is 5.46. The third kappa shape index (κ3) is 3.88. The fraction of sp³-hybridized carbons (Fsp3) is 0.267. The average Bonchev–Trinajstić information content (AvgIpc) is 2.44. The van der Waals surface area contributed by atoms with Crippen LogP contribution in [-0.4, -0.2) is 18.1 Å². The molecule has 3 N–H and O–H groups in total. The number of ether oxygens (including phenoxy) is 1. The molecular weight excluding hydrogens is 238 g/mol. The zero-order chi connectivity index (χ0) is 13.5. The Morgan fingerprint density at radius 2 is 2.16 bits per heavy atom. The van der Waals surface area contributed by atoms with Crippen molar-refractivity contribution in [2.24, 2.45) is 0 Å². The highest BCUT2D eigenvalue weighted by Gasteiger charge is 2.01. The van der Waals surface area contributed by atoms with Gasteiger partial charge in [-0.25, -0.2) is 0 Å². The van der Waals surface area contributed by atoms with E-state index in [1.165, 1.54) is 0 Å². The molecule has 2 aromatic rings. The van der Waals surface area contributed by atoms with Gasteiger partial charge in [0.1, 0.15) is 5.75 Å². The number of hydrogen-bond donors (Lipinski definition) is 2. The number of anilines is 2. The normalized spacial score (nSPS) is 10.2. The van der Waals surface area contributed by atoms with E-state index in [0.717, 1.165) is 30.1 Å². The third-order valence-corrected chi connectivity index (χ3v) is 2.75. The highest BCUT2D eigenvalue weighted by atomic mass is 16.5. The minimum absolute atomic E-state index is 0.613. The second kappa shape index (κ2) is 6.64. The zero-order valence-corrected chi connectivity index (χ0v) is 11.1. The number of aromatic nitrogens is 1. The van der Waals surface area contributed by atoms with Crippen LogP contribution < -0.4 is 15.8 Å². The number of benzene rings is 1. The predicted molar refractivity (Wildman–Crippen MR) is 78.5 cm³/mol.